The molecule has 0 bridgehead atoms. The minimum atomic E-state index is -5.13. The molecule has 0 spiro atoms. The van der Waals surface area contributed by atoms with Gasteiger partial charge >= 0.3 is 278 Å². The van der Waals surface area contributed by atoms with Crippen LogP contribution in [0.5, 0.6) is 11.5 Å². The molecule has 0 N–H and O–H groups in total. The fourth-order valence-corrected chi connectivity index (χ4v) is 15.6. The molecule has 0 radical (unpaired) electrons. The number of halogens is 4. The van der Waals surface area contributed by atoms with Crippen LogP contribution >= 0.6 is 0 Å². The van der Waals surface area contributed by atoms with E-state index in [2.05, 4.69) is 13.8 Å². The van der Waals surface area contributed by atoms with E-state index < -0.39 is 39.9 Å². The number of allylic oxidation sites excluding steroid dienone is 8. The van der Waals surface area contributed by atoms with E-state index in [1.165, 1.54) is 12.1 Å². The normalized spacial score (nSPS) is 14.4. The van der Waals surface area contributed by atoms with Gasteiger partial charge in [0.1, 0.15) is 0 Å². The average Bonchev–Trinajstić information content (AvgIpc) is 3.75. The molecule has 0 heterocycles. The number of benzene rings is 2. The van der Waals surface area contributed by atoms with E-state index >= 15 is 17.6 Å². The Hall–Kier alpha value is -2.73. The molecule has 2 aliphatic carbocycles. The summed E-state index contributed by atoms with van der Waals surface area (Å²) in [4.78, 5) is 0. The molecule has 2 aromatic rings. The maximum absolute atomic E-state index is 17.0. The molecule has 2 aromatic carbocycles. The van der Waals surface area contributed by atoms with Crippen LogP contribution in [0.15, 0.2) is 67.5 Å². The first-order chi connectivity index (χ1) is 24.8. The van der Waals surface area contributed by atoms with Crippen molar-refractivity contribution in [3.8, 4) is 11.5 Å². The van der Waals surface area contributed by atoms with Crippen molar-refractivity contribution in [2.45, 2.75) is 66.2 Å². The zero-order valence-corrected chi connectivity index (χ0v) is 32.0. The fraction of sp³-hybridized carbons (Fsp3) is 0.500. The van der Waals surface area contributed by atoms with Gasteiger partial charge in [0.2, 0.25) is 0 Å². The van der Waals surface area contributed by atoms with Gasteiger partial charge in [-0.1, -0.05) is 26.7 Å². The zero-order chi connectivity index (χ0) is 36.6. The van der Waals surface area contributed by atoms with Gasteiger partial charge in [0.15, 0.2) is 0 Å². The molecule has 4 rings (SSSR count). The van der Waals surface area contributed by atoms with Crippen molar-refractivity contribution < 1.29 is 62.6 Å². The summed E-state index contributed by atoms with van der Waals surface area (Å²) in [5, 5.41) is 0. The summed E-state index contributed by atoms with van der Waals surface area (Å²) in [7, 11) is 0. The van der Waals surface area contributed by atoms with Crippen LogP contribution in [0.2, 0.25) is 0 Å². The number of unbranched alkanes of at least 4 members (excludes halogenated alkanes) is 2. The van der Waals surface area contributed by atoms with Gasteiger partial charge in [0.05, 0.1) is 0 Å². The summed E-state index contributed by atoms with van der Waals surface area (Å²) in [5.41, 5.74) is 1.48. The summed E-state index contributed by atoms with van der Waals surface area (Å²) in [5.74, 6) is -4.09. The molecule has 0 saturated heterocycles. The zero-order valence-electron chi connectivity index (χ0n) is 30.4. The summed E-state index contributed by atoms with van der Waals surface area (Å²) in [6.07, 6.45) is 12.1. The third-order valence-corrected chi connectivity index (χ3v) is 17.6. The molecule has 0 saturated carbocycles. The Morgan fingerprint density at radius 2 is 0.902 bits per heavy atom. The Kier molecular flexibility index (Phi) is 17.0. The third kappa shape index (κ3) is 10.2. The van der Waals surface area contributed by atoms with Crippen LogP contribution in [0.3, 0.4) is 0 Å². The van der Waals surface area contributed by atoms with E-state index in [0.717, 1.165) is 49.0 Å². The third-order valence-electron chi connectivity index (χ3n) is 9.10. The standard InChI is InChI=1S/2C14H19F2O3.2C6H7.Ti/c2*1-2-3-6-17-7-8-18-9-10-19-14-5-4-12(15)11-13(14)16;2*1-6-4-2-3-5-6;/h2*4-5H,2-3,6-10H2,1H3;2*2,4H,3H2,1H3;. The molecule has 6 nitrogen and oxygen atoms in total. The Morgan fingerprint density at radius 3 is 1.25 bits per heavy atom. The fourth-order valence-electron chi connectivity index (χ4n) is 6.57. The first kappa shape index (κ1) is 41.0. The van der Waals surface area contributed by atoms with Crippen molar-refractivity contribution in [3.63, 3.8) is 0 Å². The molecular weight excluding hydrogens is 700 g/mol. The quantitative estimate of drug-likeness (QED) is 0.0612. The summed E-state index contributed by atoms with van der Waals surface area (Å²) in [6, 6.07) is 4.70. The monoisotopic (exact) mass is 752 g/mol. The van der Waals surface area contributed by atoms with Crippen molar-refractivity contribution in [1.82, 2.24) is 0 Å². The minimum absolute atomic E-state index is 0.0114. The first-order valence-corrected chi connectivity index (χ1v) is 21.2. The second-order valence-corrected chi connectivity index (χ2v) is 18.4. The molecule has 0 atom stereocenters. The van der Waals surface area contributed by atoms with Gasteiger partial charge < -0.3 is 0 Å². The summed E-state index contributed by atoms with van der Waals surface area (Å²) in [6.45, 7) is 11.0. The summed E-state index contributed by atoms with van der Waals surface area (Å²) >= 11 is -5.13. The van der Waals surface area contributed by atoms with Crippen LogP contribution in [0.25, 0.3) is 0 Å². The van der Waals surface area contributed by atoms with E-state index in [9.17, 15) is 0 Å². The number of rotatable bonds is 24. The number of hydrogen-bond donors (Lipinski definition) is 0. The molecule has 0 amide bonds. The summed E-state index contributed by atoms with van der Waals surface area (Å²) < 4.78 is 101. The molecule has 0 aliphatic heterocycles. The van der Waals surface area contributed by atoms with Crippen LogP contribution in [0.4, 0.5) is 17.6 Å². The molecule has 0 unspecified atom stereocenters. The van der Waals surface area contributed by atoms with Crippen LogP contribution in [-0.2, 0) is 35.5 Å². The van der Waals surface area contributed by atoms with Gasteiger partial charge in [-0.25, -0.2) is 0 Å². The van der Waals surface area contributed by atoms with E-state index in [0.29, 0.717) is 60.2 Å². The van der Waals surface area contributed by atoms with Crippen molar-refractivity contribution in [2.75, 3.05) is 66.1 Å². The van der Waals surface area contributed by atoms with E-state index in [1.807, 2.05) is 38.2 Å². The van der Waals surface area contributed by atoms with E-state index in [1.54, 1.807) is 0 Å². The topological polar surface area (TPSA) is 55.4 Å². The first-order valence-electron chi connectivity index (χ1n) is 18.1. The van der Waals surface area contributed by atoms with Crippen LogP contribution in [-0.4, -0.2) is 66.1 Å². The van der Waals surface area contributed by atoms with Gasteiger partial charge in [-0.15, -0.1) is 0 Å². The van der Waals surface area contributed by atoms with Crippen LogP contribution in [0.1, 0.15) is 66.2 Å². The van der Waals surface area contributed by atoms with Gasteiger partial charge in [0.25, 0.3) is 0 Å². The molecule has 11 heteroatoms. The molecule has 0 fully saturated rings. The number of ether oxygens (including phenoxy) is 6. The van der Waals surface area contributed by atoms with Gasteiger partial charge in [-0.3, -0.25) is 0 Å². The molecule has 280 valence electrons. The van der Waals surface area contributed by atoms with Gasteiger partial charge in [-0.05, 0) is 0 Å². The van der Waals surface area contributed by atoms with Crippen LogP contribution < -0.4 is 17.2 Å². The maximum atomic E-state index is 17.0. The molecule has 51 heavy (non-hydrogen) atoms. The predicted molar refractivity (Wildman–Crippen MR) is 189 cm³/mol. The Morgan fingerprint density at radius 1 is 0.529 bits per heavy atom. The Bertz CT molecular complexity index is 1450. The van der Waals surface area contributed by atoms with E-state index in [-0.39, 0.29) is 45.7 Å². The van der Waals surface area contributed by atoms with Crippen molar-refractivity contribution >= 4 is 7.74 Å². The van der Waals surface area contributed by atoms with Crippen molar-refractivity contribution in [2.24, 2.45) is 0 Å². The molecule has 0 aromatic heterocycles. The van der Waals surface area contributed by atoms with Crippen LogP contribution in [0, 0.1) is 23.3 Å². The molecular formula is C40H52F4O6Ti. The van der Waals surface area contributed by atoms with E-state index in [4.69, 9.17) is 28.4 Å². The van der Waals surface area contributed by atoms with Gasteiger partial charge in [0, 0.05) is 0 Å². The predicted octanol–water partition coefficient (Wildman–Crippen LogP) is 8.24. The van der Waals surface area contributed by atoms with Crippen molar-refractivity contribution in [1.29, 1.82) is 0 Å². The number of hydrogen-bond acceptors (Lipinski definition) is 6. The Labute approximate surface area is 303 Å². The Balaban J connectivity index is 1.70. The molecule has 2 aliphatic rings. The second kappa shape index (κ2) is 21.1. The average molecular weight is 753 g/mol. The van der Waals surface area contributed by atoms with Crippen molar-refractivity contribution in [3.05, 3.63) is 90.7 Å². The SMILES string of the molecule is CCCCOCCOCCOc1ccc(F)[c]([Ti]([C]2=C(C)C=CC2)([C]2=C(C)C=CC2)[c]2c(F)ccc(OCCOCCOCCCC)c2F)c1F. The van der Waals surface area contributed by atoms with Gasteiger partial charge in [-0.2, -0.15) is 0 Å². The second-order valence-electron chi connectivity index (χ2n) is 12.6.